The Bertz CT molecular complexity index is 2010. The van der Waals surface area contributed by atoms with Crippen molar-refractivity contribution in [3.63, 3.8) is 0 Å². The first-order chi connectivity index (χ1) is 25.5. The number of carboxylic acids is 1. The van der Waals surface area contributed by atoms with Gasteiger partial charge in [-0.3, -0.25) is 4.79 Å². The summed E-state index contributed by atoms with van der Waals surface area (Å²) in [6.45, 7) is 1.97. The average molecular weight is 762 g/mol. The topological polar surface area (TPSA) is 182 Å². The lowest BCUT2D eigenvalue weighted by Crippen LogP contribution is -2.52. The molecule has 1 fully saturated rings. The average Bonchev–Trinajstić information content (AvgIpc) is 3.91. The zero-order valence-corrected chi connectivity index (χ0v) is 30.8. The van der Waals surface area contributed by atoms with Gasteiger partial charge in [0.15, 0.2) is 0 Å². The summed E-state index contributed by atoms with van der Waals surface area (Å²) in [5.41, 5.74) is -2.13. The standard InChI is InChI=1S/C39H43N3O9S2/c1-42(26-14-17-38(18-15-26,36(46)47)51-37(48)39(49,32-4-2-22-52-32)33-5-3-23-53-33)20-21-50-27-8-6-25(7-9-27)16-19-40-24-31(44)28-10-12-30(43)35-29(28)11-13-34(45)41-35/h2-13,22-23,26,31,40,43-44,49H,14-21,24H2,1H3,(H,41,45)(H,46,47)/t26?,31-,38?/m1/s1. The van der Waals surface area contributed by atoms with Crippen LogP contribution >= 0.6 is 22.7 Å². The Morgan fingerprint density at radius 1 is 1.02 bits per heavy atom. The van der Waals surface area contributed by atoms with E-state index in [0.29, 0.717) is 65.3 Å². The van der Waals surface area contributed by atoms with Gasteiger partial charge in [0.2, 0.25) is 16.8 Å². The number of carbonyl (C=O) groups excluding carboxylic acids is 1. The molecule has 0 amide bonds. The van der Waals surface area contributed by atoms with Crippen molar-refractivity contribution in [3.8, 4) is 11.5 Å². The molecule has 0 saturated heterocycles. The number of esters is 1. The minimum absolute atomic E-state index is 0.0493. The Balaban J connectivity index is 0.934. The van der Waals surface area contributed by atoms with Crippen molar-refractivity contribution in [1.29, 1.82) is 0 Å². The summed E-state index contributed by atoms with van der Waals surface area (Å²) < 4.78 is 11.8. The number of hydrogen-bond donors (Lipinski definition) is 6. The molecule has 0 unspecified atom stereocenters. The quantitative estimate of drug-likeness (QED) is 0.0602. The van der Waals surface area contributed by atoms with Crippen LogP contribution in [0, 0.1) is 0 Å². The number of phenols is 1. The van der Waals surface area contributed by atoms with Gasteiger partial charge < -0.3 is 45.1 Å². The van der Waals surface area contributed by atoms with E-state index in [0.717, 1.165) is 17.7 Å². The number of aromatic amines is 1. The Hall–Kier alpha value is -4.57. The number of benzene rings is 2. The van der Waals surface area contributed by atoms with Gasteiger partial charge in [-0.15, -0.1) is 22.7 Å². The lowest BCUT2D eigenvalue weighted by Gasteiger charge is -2.40. The van der Waals surface area contributed by atoms with E-state index in [2.05, 4.69) is 15.2 Å². The fourth-order valence-corrected chi connectivity index (χ4v) is 8.50. The molecule has 1 aliphatic rings. The van der Waals surface area contributed by atoms with Crippen LogP contribution in [0.25, 0.3) is 10.9 Å². The second-order valence-electron chi connectivity index (χ2n) is 13.3. The number of ether oxygens (including phenoxy) is 2. The molecule has 0 aliphatic heterocycles. The zero-order chi connectivity index (χ0) is 37.6. The van der Waals surface area contributed by atoms with Gasteiger partial charge in [0, 0.05) is 30.6 Å². The second kappa shape index (κ2) is 16.6. The third-order valence-electron chi connectivity index (χ3n) is 9.94. The first kappa shape index (κ1) is 38.2. The summed E-state index contributed by atoms with van der Waals surface area (Å²) in [6, 6.07) is 20.7. The number of carbonyl (C=O) groups is 2. The van der Waals surface area contributed by atoms with E-state index in [-0.39, 0.29) is 30.2 Å². The second-order valence-corrected chi connectivity index (χ2v) is 15.2. The molecule has 12 nitrogen and oxygen atoms in total. The van der Waals surface area contributed by atoms with E-state index in [4.69, 9.17) is 9.47 Å². The van der Waals surface area contributed by atoms with Crippen molar-refractivity contribution in [2.75, 3.05) is 33.3 Å². The number of likely N-dealkylation sites (N-methyl/N-ethyl adjacent to an activating group) is 1. The van der Waals surface area contributed by atoms with Gasteiger partial charge in [0.25, 0.3) is 0 Å². The molecule has 3 aromatic heterocycles. The summed E-state index contributed by atoms with van der Waals surface area (Å²) in [7, 11) is 1.97. The predicted molar refractivity (Wildman–Crippen MR) is 203 cm³/mol. The Kier molecular flexibility index (Phi) is 12.0. The largest absolute Gasteiger partial charge is 0.506 e. The van der Waals surface area contributed by atoms with Crippen LogP contribution in [-0.4, -0.2) is 87.2 Å². The Morgan fingerprint density at radius 2 is 1.70 bits per heavy atom. The van der Waals surface area contributed by atoms with Gasteiger partial charge in [0.05, 0.1) is 21.4 Å². The minimum Gasteiger partial charge on any atom is -0.506 e. The number of phenolic OH excluding ortho intramolecular Hbond substituents is 1. The number of hydrogen-bond acceptors (Lipinski definition) is 12. The number of nitrogens with one attached hydrogen (secondary N) is 2. The molecule has 5 aromatic rings. The van der Waals surface area contributed by atoms with Crippen molar-refractivity contribution in [2.45, 2.75) is 55.5 Å². The zero-order valence-electron chi connectivity index (χ0n) is 29.2. The highest BCUT2D eigenvalue weighted by molar-refractivity contribution is 7.12. The summed E-state index contributed by atoms with van der Waals surface area (Å²) in [5.74, 6) is -1.51. The molecule has 0 radical (unpaired) electrons. The summed E-state index contributed by atoms with van der Waals surface area (Å²) in [4.78, 5) is 43.3. The first-order valence-electron chi connectivity index (χ1n) is 17.4. The number of rotatable bonds is 16. The summed E-state index contributed by atoms with van der Waals surface area (Å²) >= 11 is 2.42. The number of nitrogens with zero attached hydrogens (tertiary/aromatic N) is 1. The fraction of sp³-hybridized carbons (Fsp3) is 0.359. The normalized spacial score (nSPS) is 18.2. The van der Waals surface area contributed by atoms with E-state index in [1.165, 1.54) is 34.8 Å². The van der Waals surface area contributed by atoms with Crippen LogP contribution in [-0.2, 0) is 26.3 Å². The minimum atomic E-state index is -2.08. The van der Waals surface area contributed by atoms with Crippen molar-refractivity contribution >= 4 is 45.5 Å². The number of aliphatic hydroxyl groups is 2. The molecular formula is C39H43N3O9S2. The smallest absolute Gasteiger partial charge is 0.350 e. The SMILES string of the molecule is CN(CCOc1ccc(CCNC[C@@H](O)c2ccc(O)c3[nH]c(=O)ccc23)cc1)C1CCC(OC(=O)C(O)(c2cccs2)c2cccs2)(C(=O)O)CC1. The van der Waals surface area contributed by atoms with Gasteiger partial charge in [-0.1, -0.05) is 30.3 Å². The molecule has 53 heavy (non-hydrogen) atoms. The van der Waals surface area contributed by atoms with E-state index in [9.17, 15) is 34.8 Å². The molecule has 2 aromatic carbocycles. The van der Waals surface area contributed by atoms with Gasteiger partial charge in [0.1, 0.15) is 18.1 Å². The van der Waals surface area contributed by atoms with Crippen molar-refractivity contribution < 1.29 is 39.5 Å². The van der Waals surface area contributed by atoms with Crippen molar-refractivity contribution in [3.05, 3.63) is 115 Å². The van der Waals surface area contributed by atoms with Crippen molar-refractivity contribution in [2.24, 2.45) is 0 Å². The maximum absolute atomic E-state index is 13.6. The van der Waals surface area contributed by atoms with E-state index < -0.39 is 29.2 Å². The molecule has 6 N–H and O–H groups in total. The molecule has 1 saturated carbocycles. The van der Waals surface area contributed by atoms with Crippen LogP contribution < -0.4 is 15.6 Å². The van der Waals surface area contributed by atoms with Crippen LogP contribution in [0.2, 0.25) is 0 Å². The van der Waals surface area contributed by atoms with E-state index in [1.807, 2.05) is 31.3 Å². The summed E-state index contributed by atoms with van der Waals surface area (Å²) in [5, 5.41) is 50.1. The maximum Gasteiger partial charge on any atom is 0.350 e. The number of H-pyrrole nitrogens is 1. The maximum atomic E-state index is 13.6. The van der Waals surface area contributed by atoms with Crippen LogP contribution in [0.3, 0.4) is 0 Å². The monoisotopic (exact) mass is 761 g/mol. The number of carboxylic acid groups (broad SMARTS) is 1. The molecule has 280 valence electrons. The first-order valence-corrected chi connectivity index (χ1v) is 19.2. The number of aliphatic carboxylic acids is 1. The molecule has 3 heterocycles. The lowest BCUT2D eigenvalue weighted by molar-refractivity contribution is -0.195. The number of aromatic nitrogens is 1. The number of pyridine rings is 1. The van der Waals surface area contributed by atoms with Crippen LogP contribution in [0.15, 0.2) is 88.4 Å². The van der Waals surface area contributed by atoms with Gasteiger partial charge in [-0.05, 0) is 104 Å². The number of aliphatic hydroxyl groups excluding tert-OH is 1. The van der Waals surface area contributed by atoms with Crippen molar-refractivity contribution in [1.82, 2.24) is 15.2 Å². The van der Waals surface area contributed by atoms with Crippen LogP contribution in [0.4, 0.5) is 0 Å². The highest BCUT2D eigenvalue weighted by Crippen LogP contribution is 2.41. The molecule has 0 bridgehead atoms. The third-order valence-corrected chi connectivity index (χ3v) is 11.9. The highest BCUT2D eigenvalue weighted by Gasteiger charge is 2.52. The molecular weight excluding hydrogens is 719 g/mol. The van der Waals surface area contributed by atoms with Gasteiger partial charge in [-0.25, -0.2) is 9.59 Å². The fourth-order valence-electron chi connectivity index (χ4n) is 6.79. The van der Waals surface area contributed by atoms with E-state index in [1.54, 1.807) is 47.2 Å². The highest BCUT2D eigenvalue weighted by atomic mass is 32.1. The van der Waals surface area contributed by atoms with Crippen LogP contribution in [0.1, 0.15) is 52.7 Å². The number of aromatic hydroxyl groups is 1. The molecule has 1 atom stereocenters. The third kappa shape index (κ3) is 8.48. The number of thiophene rings is 2. The summed E-state index contributed by atoms with van der Waals surface area (Å²) in [6.07, 6.45) is 1.15. The molecule has 1 aliphatic carbocycles. The molecule has 0 spiro atoms. The Labute approximate surface area is 314 Å². The van der Waals surface area contributed by atoms with E-state index >= 15 is 0 Å². The molecule has 14 heteroatoms. The van der Waals surface area contributed by atoms with Crippen LogP contribution in [0.5, 0.6) is 11.5 Å². The predicted octanol–water partition coefficient (Wildman–Crippen LogP) is 4.78. The number of fused-ring (bicyclic) bond motifs is 1. The van der Waals surface area contributed by atoms with Gasteiger partial charge in [-0.2, -0.15) is 0 Å². The lowest BCUT2D eigenvalue weighted by atomic mass is 9.81. The molecule has 6 rings (SSSR count). The Morgan fingerprint density at radius 3 is 2.32 bits per heavy atom. The van der Waals surface area contributed by atoms with Gasteiger partial charge >= 0.3 is 11.9 Å².